The number of fused-ring (bicyclic) bond motifs is 1. The molecule has 6 heteroatoms. The number of nitrogen functional groups attached to an aromatic ring is 1. The van der Waals surface area contributed by atoms with Gasteiger partial charge in [0.05, 0.1) is 12.1 Å². The molecule has 0 aliphatic heterocycles. The standard InChI is InChI=1S/C10H13N3O2.ClH/c11-9-8-4-1-2-5-13(8)12-10(9)15-7-3-6-14;/h1-2,4-5,14H,3,6-7,11H2;1H. The molecule has 0 aromatic carbocycles. The van der Waals surface area contributed by atoms with Crippen molar-refractivity contribution in [3.8, 4) is 5.88 Å². The third kappa shape index (κ3) is 2.37. The summed E-state index contributed by atoms with van der Waals surface area (Å²) < 4.78 is 7.02. The Morgan fingerprint density at radius 2 is 2.25 bits per heavy atom. The summed E-state index contributed by atoms with van der Waals surface area (Å²) in [6, 6.07) is 5.64. The lowest BCUT2D eigenvalue weighted by atomic mass is 10.4. The molecule has 3 N–H and O–H groups in total. The van der Waals surface area contributed by atoms with E-state index in [1.54, 1.807) is 4.52 Å². The van der Waals surface area contributed by atoms with Gasteiger partial charge in [0.2, 0.25) is 0 Å². The Morgan fingerprint density at radius 1 is 1.44 bits per heavy atom. The summed E-state index contributed by atoms with van der Waals surface area (Å²) >= 11 is 0. The molecule has 88 valence electrons. The molecule has 0 amide bonds. The van der Waals surface area contributed by atoms with Gasteiger partial charge in [-0.1, -0.05) is 6.07 Å². The molecule has 2 aromatic rings. The molecule has 16 heavy (non-hydrogen) atoms. The largest absolute Gasteiger partial charge is 0.475 e. The van der Waals surface area contributed by atoms with E-state index < -0.39 is 0 Å². The molecule has 0 radical (unpaired) electrons. The van der Waals surface area contributed by atoms with Crippen molar-refractivity contribution in [3.63, 3.8) is 0 Å². The van der Waals surface area contributed by atoms with E-state index in [0.29, 0.717) is 24.6 Å². The monoisotopic (exact) mass is 243 g/mol. The molecular weight excluding hydrogens is 230 g/mol. The average molecular weight is 244 g/mol. The van der Waals surface area contributed by atoms with Crippen LogP contribution in [0.25, 0.3) is 5.52 Å². The van der Waals surface area contributed by atoms with Crippen molar-refractivity contribution in [2.24, 2.45) is 0 Å². The molecule has 0 atom stereocenters. The van der Waals surface area contributed by atoms with Crippen LogP contribution in [0.15, 0.2) is 24.4 Å². The Balaban J connectivity index is 0.00000128. The fourth-order valence-electron chi connectivity index (χ4n) is 1.34. The fourth-order valence-corrected chi connectivity index (χ4v) is 1.34. The minimum Gasteiger partial charge on any atom is -0.475 e. The van der Waals surface area contributed by atoms with E-state index in [-0.39, 0.29) is 19.0 Å². The highest BCUT2D eigenvalue weighted by Gasteiger charge is 2.09. The zero-order valence-corrected chi connectivity index (χ0v) is 9.48. The van der Waals surface area contributed by atoms with Gasteiger partial charge in [-0.25, -0.2) is 4.52 Å². The first-order valence-electron chi connectivity index (χ1n) is 4.79. The van der Waals surface area contributed by atoms with Crippen molar-refractivity contribution in [3.05, 3.63) is 24.4 Å². The Labute approximate surface area is 99.2 Å². The summed E-state index contributed by atoms with van der Waals surface area (Å²) in [5, 5.41) is 12.8. The second-order valence-electron chi connectivity index (χ2n) is 3.17. The predicted octanol–water partition coefficient (Wildman–Crippen LogP) is 1.10. The molecule has 0 aliphatic rings. The van der Waals surface area contributed by atoms with E-state index in [1.165, 1.54) is 0 Å². The van der Waals surface area contributed by atoms with Crippen LogP contribution < -0.4 is 10.5 Å². The van der Waals surface area contributed by atoms with Crippen molar-refractivity contribution < 1.29 is 9.84 Å². The van der Waals surface area contributed by atoms with Crippen LogP contribution in [0.3, 0.4) is 0 Å². The van der Waals surface area contributed by atoms with Gasteiger partial charge in [-0.2, -0.15) is 0 Å². The van der Waals surface area contributed by atoms with Gasteiger partial charge in [0.25, 0.3) is 5.88 Å². The number of nitrogens with zero attached hydrogens (tertiary/aromatic N) is 2. The third-order valence-electron chi connectivity index (χ3n) is 2.09. The summed E-state index contributed by atoms with van der Waals surface area (Å²) in [5.74, 6) is 0.426. The predicted molar refractivity (Wildman–Crippen MR) is 64.1 cm³/mol. The Bertz CT molecular complexity index is 458. The maximum Gasteiger partial charge on any atom is 0.257 e. The van der Waals surface area contributed by atoms with E-state index in [9.17, 15) is 0 Å². The van der Waals surface area contributed by atoms with Gasteiger partial charge in [-0.15, -0.1) is 17.5 Å². The number of aromatic nitrogens is 2. The first kappa shape index (κ1) is 12.6. The van der Waals surface area contributed by atoms with Crippen molar-refractivity contribution in [2.45, 2.75) is 6.42 Å². The quantitative estimate of drug-likeness (QED) is 0.789. The zero-order chi connectivity index (χ0) is 10.7. The van der Waals surface area contributed by atoms with Gasteiger partial charge in [0.15, 0.2) is 0 Å². The van der Waals surface area contributed by atoms with Gasteiger partial charge >= 0.3 is 0 Å². The second kappa shape index (κ2) is 5.58. The number of pyridine rings is 1. The van der Waals surface area contributed by atoms with Crippen molar-refractivity contribution in [1.82, 2.24) is 9.61 Å². The molecule has 2 aromatic heterocycles. The maximum atomic E-state index is 8.62. The number of aliphatic hydroxyl groups excluding tert-OH is 1. The molecule has 0 aliphatic carbocycles. The van der Waals surface area contributed by atoms with Crippen LogP contribution in [0.5, 0.6) is 5.88 Å². The van der Waals surface area contributed by atoms with Crippen LogP contribution >= 0.6 is 12.4 Å². The smallest absolute Gasteiger partial charge is 0.257 e. The highest BCUT2D eigenvalue weighted by Crippen LogP contribution is 2.24. The number of halogens is 1. The van der Waals surface area contributed by atoms with Crippen LogP contribution in [0.1, 0.15) is 6.42 Å². The van der Waals surface area contributed by atoms with Crippen LogP contribution in [0.2, 0.25) is 0 Å². The maximum absolute atomic E-state index is 8.62. The molecule has 2 heterocycles. The van der Waals surface area contributed by atoms with Gasteiger partial charge in [0.1, 0.15) is 5.69 Å². The van der Waals surface area contributed by atoms with Gasteiger partial charge < -0.3 is 15.6 Å². The number of nitrogens with two attached hydrogens (primary N) is 1. The molecule has 0 unspecified atom stereocenters. The van der Waals surface area contributed by atoms with Crippen LogP contribution in [-0.4, -0.2) is 27.9 Å². The number of hydrogen-bond acceptors (Lipinski definition) is 4. The Morgan fingerprint density at radius 3 is 2.94 bits per heavy atom. The summed E-state index contributed by atoms with van der Waals surface area (Å²) in [6.07, 6.45) is 2.39. The lowest BCUT2D eigenvalue weighted by Crippen LogP contribution is -2.01. The first-order chi connectivity index (χ1) is 7.33. The van der Waals surface area contributed by atoms with E-state index >= 15 is 0 Å². The molecule has 0 fully saturated rings. The molecule has 0 saturated heterocycles. The topological polar surface area (TPSA) is 72.8 Å². The average Bonchev–Trinajstić information content (AvgIpc) is 2.57. The lowest BCUT2D eigenvalue weighted by molar-refractivity contribution is 0.229. The van der Waals surface area contributed by atoms with Crippen LogP contribution in [0, 0.1) is 0 Å². The van der Waals surface area contributed by atoms with Crippen molar-refractivity contribution in [2.75, 3.05) is 18.9 Å². The third-order valence-corrected chi connectivity index (χ3v) is 2.09. The second-order valence-corrected chi connectivity index (χ2v) is 3.17. The normalized spacial score (nSPS) is 10.1. The van der Waals surface area contributed by atoms with Crippen molar-refractivity contribution in [1.29, 1.82) is 0 Å². The molecular formula is C10H14ClN3O2. The summed E-state index contributed by atoms with van der Waals surface area (Å²) in [6.45, 7) is 0.526. The number of aliphatic hydroxyl groups is 1. The zero-order valence-electron chi connectivity index (χ0n) is 8.67. The van der Waals surface area contributed by atoms with E-state index in [0.717, 1.165) is 5.52 Å². The summed E-state index contributed by atoms with van der Waals surface area (Å²) in [5.41, 5.74) is 7.22. The fraction of sp³-hybridized carbons (Fsp3) is 0.300. The molecule has 2 rings (SSSR count). The van der Waals surface area contributed by atoms with Gasteiger partial charge in [-0.3, -0.25) is 0 Å². The Hall–Kier alpha value is -1.46. The van der Waals surface area contributed by atoms with Crippen molar-refractivity contribution >= 4 is 23.6 Å². The SMILES string of the molecule is Cl.Nc1c(OCCCO)nn2ccccc12. The molecule has 5 nitrogen and oxygen atoms in total. The summed E-state index contributed by atoms with van der Waals surface area (Å²) in [4.78, 5) is 0. The Kier molecular flexibility index (Phi) is 4.39. The molecule has 0 spiro atoms. The molecule has 0 saturated carbocycles. The van der Waals surface area contributed by atoms with E-state index in [1.807, 2.05) is 24.4 Å². The summed E-state index contributed by atoms with van der Waals surface area (Å²) in [7, 11) is 0. The van der Waals surface area contributed by atoms with Gasteiger partial charge in [0, 0.05) is 19.2 Å². The number of anilines is 1. The van der Waals surface area contributed by atoms with Gasteiger partial charge in [-0.05, 0) is 12.1 Å². The number of ether oxygens (including phenoxy) is 1. The van der Waals surface area contributed by atoms with Crippen LogP contribution in [0.4, 0.5) is 5.69 Å². The molecule has 0 bridgehead atoms. The van der Waals surface area contributed by atoms with Crippen LogP contribution in [-0.2, 0) is 0 Å². The highest BCUT2D eigenvalue weighted by atomic mass is 35.5. The highest BCUT2D eigenvalue weighted by molar-refractivity contribution is 5.85. The lowest BCUT2D eigenvalue weighted by Gasteiger charge is -2.00. The number of hydrogen-bond donors (Lipinski definition) is 2. The minimum absolute atomic E-state index is 0. The van der Waals surface area contributed by atoms with E-state index in [2.05, 4.69) is 5.10 Å². The van der Waals surface area contributed by atoms with E-state index in [4.69, 9.17) is 15.6 Å². The minimum atomic E-state index is 0. The number of rotatable bonds is 4. The first-order valence-corrected chi connectivity index (χ1v) is 4.79.